The largest absolute Gasteiger partial charge is 0.447 e. The maximum Gasteiger partial charge on any atom is 0.414 e. The Bertz CT molecular complexity index is 638. The van der Waals surface area contributed by atoms with Crippen molar-refractivity contribution in [1.29, 1.82) is 0 Å². The maximum absolute atomic E-state index is 11.6. The van der Waals surface area contributed by atoms with Gasteiger partial charge in [0.15, 0.2) is 0 Å². The molecule has 0 saturated carbocycles. The van der Waals surface area contributed by atoms with E-state index in [4.69, 9.17) is 4.74 Å². The van der Waals surface area contributed by atoms with Gasteiger partial charge >= 0.3 is 6.09 Å². The molecule has 0 aliphatic carbocycles. The second-order valence-electron chi connectivity index (χ2n) is 4.81. The molecule has 1 fully saturated rings. The summed E-state index contributed by atoms with van der Waals surface area (Å²) in [5.74, 6) is 0. The van der Waals surface area contributed by atoms with Crippen LogP contribution in [-0.2, 0) is 17.8 Å². The van der Waals surface area contributed by atoms with E-state index in [9.17, 15) is 4.79 Å². The molecule has 0 unspecified atom stereocenters. The normalized spacial score (nSPS) is 14.3. The van der Waals surface area contributed by atoms with Crippen LogP contribution in [0.3, 0.4) is 0 Å². The van der Waals surface area contributed by atoms with Crippen LogP contribution in [0.5, 0.6) is 0 Å². The van der Waals surface area contributed by atoms with Gasteiger partial charge in [0.2, 0.25) is 0 Å². The van der Waals surface area contributed by atoms with E-state index < -0.39 is 0 Å². The molecule has 110 valence electrons. The smallest absolute Gasteiger partial charge is 0.414 e. The van der Waals surface area contributed by atoms with Crippen molar-refractivity contribution in [3.8, 4) is 0 Å². The summed E-state index contributed by atoms with van der Waals surface area (Å²) in [6.45, 7) is 4.67. The van der Waals surface area contributed by atoms with Crippen molar-refractivity contribution in [2.45, 2.75) is 20.0 Å². The molecule has 1 aliphatic heterocycles. The lowest BCUT2D eigenvalue weighted by molar-refractivity contribution is 0.181. The third-order valence-corrected chi connectivity index (χ3v) is 3.50. The highest BCUT2D eigenvalue weighted by Gasteiger charge is 2.23. The first-order valence-electron chi connectivity index (χ1n) is 7.07. The lowest BCUT2D eigenvalue weighted by Crippen LogP contribution is -2.23. The molecule has 1 N–H and O–H groups in total. The van der Waals surface area contributed by atoms with Gasteiger partial charge in [0, 0.05) is 24.1 Å². The molecule has 1 aromatic heterocycles. The molecule has 1 amide bonds. The number of benzene rings is 1. The molecule has 1 saturated heterocycles. The zero-order valence-corrected chi connectivity index (χ0v) is 12.0. The average Bonchev–Trinajstić information content (AvgIpc) is 3.13. The van der Waals surface area contributed by atoms with Gasteiger partial charge in [-0.15, -0.1) is 0 Å². The average molecular weight is 286 g/mol. The number of carbonyl (C=O) groups is 1. The number of ether oxygens (including phenoxy) is 1. The molecule has 1 aliphatic rings. The Balaban J connectivity index is 1.70. The van der Waals surface area contributed by atoms with Crippen LogP contribution < -0.4 is 10.2 Å². The van der Waals surface area contributed by atoms with E-state index in [1.54, 1.807) is 11.1 Å². The molecular formula is C15H18N4O2. The van der Waals surface area contributed by atoms with Crippen molar-refractivity contribution >= 4 is 17.5 Å². The van der Waals surface area contributed by atoms with E-state index in [2.05, 4.69) is 17.3 Å². The Morgan fingerprint density at radius 3 is 3.05 bits per heavy atom. The molecular weight excluding hydrogens is 268 g/mol. The number of aromatic nitrogens is 2. The fourth-order valence-corrected chi connectivity index (χ4v) is 2.40. The standard InChI is InChI=1S/C15H18N4O2/c1-2-19-14(6-7-17-19)11-16-12-4-3-5-13(10-12)18-8-9-21-15(18)20/h3-7,10,16H,2,8-9,11H2,1H3. The van der Waals surface area contributed by atoms with Gasteiger partial charge in [-0.3, -0.25) is 9.58 Å². The number of cyclic esters (lactones) is 1. The van der Waals surface area contributed by atoms with Gasteiger partial charge < -0.3 is 10.1 Å². The number of aryl methyl sites for hydroxylation is 1. The molecule has 2 aromatic rings. The molecule has 0 bridgehead atoms. The summed E-state index contributed by atoms with van der Waals surface area (Å²) in [6, 6.07) is 9.78. The van der Waals surface area contributed by atoms with E-state index >= 15 is 0 Å². The third-order valence-electron chi connectivity index (χ3n) is 3.50. The van der Waals surface area contributed by atoms with Crippen LogP contribution in [0.15, 0.2) is 36.5 Å². The van der Waals surface area contributed by atoms with Crippen molar-refractivity contribution in [2.75, 3.05) is 23.4 Å². The third kappa shape index (κ3) is 2.84. The van der Waals surface area contributed by atoms with Crippen molar-refractivity contribution in [3.63, 3.8) is 0 Å². The number of carbonyl (C=O) groups excluding carboxylic acids is 1. The molecule has 6 heteroatoms. The van der Waals surface area contributed by atoms with Gasteiger partial charge in [0.1, 0.15) is 6.61 Å². The predicted molar refractivity (Wildman–Crippen MR) is 80.4 cm³/mol. The van der Waals surface area contributed by atoms with Gasteiger partial charge in [-0.25, -0.2) is 4.79 Å². The number of anilines is 2. The topological polar surface area (TPSA) is 59.4 Å². The quantitative estimate of drug-likeness (QED) is 0.917. The van der Waals surface area contributed by atoms with Crippen LogP contribution in [0.2, 0.25) is 0 Å². The molecule has 21 heavy (non-hydrogen) atoms. The van der Waals surface area contributed by atoms with E-state index in [0.29, 0.717) is 19.7 Å². The summed E-state index contributed by atoms with van der Waals surface area (Å²) in [4.78, 5) is 13.2. The number of nitrogens with zero attached hydrogens (tertiary/aromatic N) is 3. The SMILES string of the molecule is CCn1nccc1CNc1cccc(N2CCOC2=O)c1. The lowest BCUT2D eigenvalue weighted by atomic mass is 10.2. The van der Waals surface area contributed by atoms with Crippen molar-refractivity contribution in [3.05, 3.63) is 42.2 Å². The summed E-state index contributed by atoms with van der Waals surface area (Å²) >= 11 is 0. The van der Waals surface area contributed by atoms with Crippen LogP contribution in [-0.4, -0.2) is 29.0 Å². The highest BCUT2D eigenvalue weighted by molar-refractivity contribution is 5.89. The Kier molecular flexibility index (Phi) is 3.77. The molecule has 0 radical (unpaired) electrons. The summed E-state index contributed by atoms with van der Waals surface area (Å²) in [7, 11) is 0. The minimum absolute atomic E-state index is 0.281. The van der Waals surface area contributed by atoms with Crippen molar-refractivity contribution < 1.29 is 9.53 Å². The van der Waals surface area contributed by atoms with Crippen LogP contribution in [0, 0.1) is 0 Å². The van der Waals surface area contributed by atoms with Gasteiger partial charge in [-0.05, 0) is 31.2 Å². The summed E-state index contributed by atoms with van der Waals surface area (Å²) < 4.78 is 6.92. The number of rotatable bonds is 5. The van der Waals surface area contributed by atoms with Crippen molar-refractivity contribution in [2.24, 2.45) is 0 Å². The van der Waals surface area contributed by atoms with Crippen molar-refractivity contribution in [1.82, 2.24) is 9.78 Å². The highest BCUT2D eigenvalue weighted by Crippen LogP contribution is 2.22. The van der Waals surface area contributed by atoms with Gasteiger partial charge in [-0.2, -0.15) is 5.10 Å². The monoisotopic (exact) mass is 286 g/mol. The summed E-state index contributed by atoms with van der Waals surface area (Å²) in [6.07, 6.45) is 1.52. The molecule has 0 spiro atoms. The Morgan fingerprint density at radius 1 is 1.38 bits per heavy atom. The Hall–Kier alpha value is -2.50. The van der Waals surface area contributed by atoms with E-state index in [1.807, 2.05) is 35.0 Å². The van der Waals surface area contributed by atoms with Gasteiger partial charge in [0.25, 0.3) is 0 Å². The number of amides is 1. The maximum atomic E-state index is 11.6. The minimum atomic E-state index is -0.281. The van der Waals surface area contributed by atoms with Crippen LogP contribution in [0.1, 0.15) is 12.6 Å². The first-order valence-corrected chi connectivity index (χ1v) is 7.07. The van der Waals surface area contributed by atoms with Crippen LogP contribution in [0.25, 0.3) is 0 Å². The first kappa shape index (κ1) is 13.5. The molecule has 6 nitrogen and oxygen atoms in total. The summed E-state index contributed by atoms with van der Waals surface area (Å²) in [5.41, 5.74) is 2.95. The van der Waals surface area contributed by atoms with Crippen LogP contribution >= 0.6 is 0 Å². The zero-order chi connectivity index (χ0) is 14.7. The zero-order valence-electron chi connectivity index (χ0n) is 12.0. The number of hydrogen-bond donors (Lipinski definition) is 1. The lowest BCUT2D eigenvalue weighted by Gasteiger charge is -2.14. The van der Waals surface area contributed by atoms with E-state index in [1.165, 1.54) is 0 Å². The Labute approximate surface area is 123 Å². The summed E-state index contributed by atoms with van der Waals surface area (Å²) in [5, 5.41) is 7.61. The second kappa shape index (κ2) is 5.87. The van der Waals surface area contributed by atoms with Crippen LogP contribution in [0.4, 0.5) is 16.2 Å². The fraction of sp³-hybridized carbons (Fsp3) is 0.333. The number of nitrogens with one attached hydrogen (secondary N) is 1. The molecule has 3 rings (SSSR count). The fourth-order valence-electron chi connectivity index (χ4n) is 2.40. The van der Waals surface area contributed by atoms with E-state index in [0.717, 1.165) is 23.6 Å². The number of hydrogen-bond acceptors (Lipinski definition) is 4. The first-order chi connectivity index (χ1) is 10.3. The minimum Gasteiger partial charge on any atom is -0.447 e. The highest BCUT2D eigenvalue weighted by atomic mass is 16.6. The van der Waals surface area contributed by atoms with Gasteiger partial charge in [0.05, 0.1) is 18.8 Å². The van der Waals surface area contributed by atoms with Gasteiger partial charge in [-0.1, -0.05) is 6.07 Å². The second-order valence-corrected chi connectivity index (χ2v) is 4.81. The molecule has 2 heterocycles. The predicted octanol–water partition coefficient (Wildman–Crippen LogP) is 2.47. The van der Waals surface area contributed by atoms with E-state index in [-0.39, 0.29) is 6.09 Å². The Morgan fingerprint density at radius 2 is 2.29 bits per heavy atom. The molecule has 1 aromatic carbocycles. The molecule has 0 atom stereocenters.